The molecule has 0 radical (unpaired) electrons. The average molecular weight is 449 g/mol. The van der Waals surface area contributed by atoms with Gasteiger partial charge in [0.2, 0.25) is 17.7 Å². The van der Waals surface area contributed by atoms with Crippen molar-refractivity contribution in [3.8, 4) is 0 Å². The second-order valence-electron chi connectivity index (χ2n) is 7.71. The minimum Gasteiger partial charge on any atom is -0.481 e. The predicted molar refractivity (Wildman–Crippen MR) is 112 cm³/mol. The van der Waals surface area contributed by atoms with Crippen LogP contribution in [0.25, 0.3) is 0 Å². The predicted octanol–water partition coefficient (Wildman–Crippen LogP) is -1.04. The van der Waals surface area contributed by atoms with Crippen LogP contribution in [0, 0.1) is 11.8 Å². The first-order valence-electron chi connectivity index (χ1n) is 9.52. The normalized spacial score (nSPS) is 15.1. The summed E-state index contributed by atoms with van der Waals surface area (Å²) in [6.07, 6.45) is -0.396. The van der Waals surface area contributed by atoms with Crippen molar-refractivity contribution in [3.63, 3.8) is 0 Å². The second-order valence-corrected chi connectivity index (χ2v) is 8.07. The van der Waals surface area contributed by atoms with E-state index in [1.807, 2.05) is 13.8 Å². The highest BCUT2D eigenvalue weighted by Gasteiger charge is 2.31. The van der Waals surface area contributed by atoms with Crippen molar-refractivity contribution >= 4 is 42.3 Å². The van der Waals surface area contributed by atoms with E-state index in [0.717, 1.165) is 0 Å². The molecular weight excluding hydrogens is 416 g/mol. The van der Waals surface area contributed by atoms with Gasteiger partial charge in [-0.2, -0.15) is 12.6 Å². The number of carbonyl (C=O) groups excluding carboxylic acids is 3. The van der Waals surface area contributed by atoms with E-state index in [-0.39, 0.29) is 24.0 Å². The van der Waals surface area contributed by atoms with Crippen molar-refractivity contribution in [1.29, 1.82) is 0 Å². The summed E-state index contributed by atoms with van der Waals surface area (Å²) < 4.78 is 0. The lowest BCUT2D eigenvalue weighted by molar-refractivity contribution is -0.143. The first-order valence-corrected chi connectivity index (χ1v) is 10.1. The Hall–Kier alpha value is -2.34. The van der Waals surface area contributed by atoms with Crippen molar-refractivity contribution in [2.75, 3.05) is 5.75 Å². The zero-order chi connectivity index (χ0) is 23.6. The summed E-state index contributed by atoms with van der Waals surface area (Å²) >= 11 is 4.00. The molecule has 0 bridgehead atoms. The number of hydrogen-bond donors (Lipinski definition) is 7. The Morgan fingerprint density at radius 2 is 1.40 bits per heavy atom. The highest BCUT2D eigenvalue weighted by atomic mass is 32.1. The van der Waals surface area contributed by atoms with Crippen LogP contribution in [0.1, 0.15) is 40.5 Å². The summed E-state index contributed by atoms with van der Waals surface area (Å²) in [5, 5.41) is 25.2. The van der Waals surface area contributed by atoms with Crippen LogP contribution in [0.4, 0.5) is 0 Å². The number of hydrogen-bond acceptors (Lipinski definition) is 7. The molecule has 0 spiro atoms. The quantitative estimate of drug-likeness (QED) is 0.174. The van der Waals surface area contributed by atoms with Gasteiger partial charge in [-0.15, -0.1) is 0 Å². The van der Waals surface area contributed by atoms with Crippen LogP contribution < -0.4 is 21.7 Å². The molecule has 11 nitrogen and oxygen atoms in total. The van der Waals surface area contributed by atoms with Gasteiger partial charge in [0, 0.05) is 5.75 Å². The second kappa shape index (κ2) is 13.1. The van der Waals surface area contributed by atoms with Gasteiger partial charge < -0.3 is 31.9 Å². The molecule has 0 rings (SSSR count). The molecular formula is C18H32N4O7S. The average Bonchev–Trinajstić information content (AvgIpc) is 2.61. The number of nitrogens with one attached hydrogen (secondary N) is 3. The van der Waals surface area contributed by atoms with Crippen LogP contribution in [-0.2, 0) is 24.0 Å². The number of amides is 3. The summed E-state index contributed by atoms with van der Waals surface area (Å²) in [5.41, 5.74) is 5.47. The number of rotatable bonds is 13. The maximum absolute atomic E-state index is 12.6. The summed E-state index contributed by atoms with van der Waals surface area (Å²) in [6, 6.07) is -4.68. The summed E-state index contributed by atoms with van der Waals surface area (Å²) in [6.45, 7) is 6.97. The zero-order valence-corrected chi connectivity index (χ0v) is 18.4. The lowest BCUT2D eigenvalue weighted by Crippen LogP contribution is -2.59. The molecule has 0 aromatic rings. The highest BCUT2D eigenvalue weighted by Crippen LogP contribution is 2.08. The minimum absolute atomic E-state index is 0.0253. The topological polar surface area (TPSA) is 188 Å². The third-order valence-corrected chi connectivity index (χ3v) is 4.48. The highest BCUT2D eigenvalue weighted by molar-refractivity contribution is 7.80. The number of carboxylic acids is 2. The number of carbonyl (C=O) groups is 5. The molecule has 0 aromatic carbocycles. The molecule has 7 N–H and O–H groups in total. The molecule has 4 atom stereocenters. The Labute approximate surface area is 180 Å². The first kappa shape index (κ1) is 27.7. The molecule has 0 saturated heterocycles. The largest absolute Gasteiger partial charge is 0.481 e. The van der Waals surface area contributed by atoms with Crippen LogP contribution >= 0.6 is 12.6 Å². The third-order valence-electron chi connectivity index (χ3n) is 4.12. The Morgan fingerprint density at radius 1 is 0.867 bits per heavy atom. The van der Waals surface area contributed by atoms with Gasteiger partial charge in [0.25, 0.3) is 0 Å². The Kier molecular flexibility index (Phi) is 12.0. The van der Waals surface area contributed by atoms with E-state index in [4.69, 9.17) is 10.8 Å². The van der Waals surface area contributed by atoms with E-state index in [1.54, 1.807) is 13.8 Å². The molecule has 30 heavy (non-hydrogen) atoms. The molecule has 0 aliphatic heterocycles. The van der Waals surface area contributed by atoms with E-state index in [9.17, 15) is 29.1 Å². The van der Waals surface area contributed by atoms with E-state index < -0.39 is 60.2 Å². The Bertz CT molecular complexity index is 642. The fourth-order valence-electron chi connectivity index (χ4n) is 2.50. The first-order chi connectivity index (χ1) is 13.8. The fourth-order valence-corrected chi connectivity index (χ4v) is 2.75. The Morgan fingerprint density at radius 3 is 1.80 bits per heavy atom. The number of nitrogens with two attached hydrogens (primary N) is 1. The van der Waals surface area contributed by atoms with E-state index >= 15 is 0 Å². The molecule has 0 aromatic heterocycles. The van der Waals surface area contributed by atoms with Crippen LogP contribution in [0.2, 0.25) is 0 Å². The molecule has 0 aliphatic rings. The van der Waals surface area contributed by atoms with Crippen molar-refractivity contribution < 1.29 is 34.2 Å². The number of thiol groups is 1. The molecule has 4 unspecified atom stereocenters. The minimum atomic E-state index is -1.35. The van der Waals surface area contributed by atoms with E-state index in [2.05, 4.69) is 28.6 Å². The number of aliphatic carboxylic acids is 2. The van der Waals surface area contributed by atoms with Gasteiger partial charge >= 0.3 is 11.9 Å². The van der Waals surface area contributed by atoms with Crippen LogP contribution in [-0.4, -0.2) is 69.8 Å². The van der Waals surface area contributed by atoms with Crippen molar-refractivity contribution in [3.05, 3.63) is 0 Å². The van der Waals surface area contributed by atoms with Gasteiger partial charge in [-0.3, -0.25) is 19.2 Å². The van der Waals surface area contributed by atoms with Gasteiger partial charge in [0.15, 0.2) is 0 Å². The third kappa shape index (κ3) is 9.92. The molecule has 3 amide bonds. The summed E-state index contributed by atoms with van der Waals surface area (Å²) in [7, 11) is 0. The van der Waals surface area contributed by atoms with Gasteiger partial charge in [0.05, 0.1) is 12.5 Å². The molecule has 0 saturated carbocycles. The maximum atomic E-state index is 12.6. The number of carboxylic acid groups (broad SMARTS) is 2. The molecule has 12 heteroatoms. The van der Waals surface area contributed by atoms with Gasteiger partial charge in [-0.05, 0) is 18.3 Å². The van der Waals surface area contributed by atoms with Crippen LogP contribution in [0.3, 0.4) is 0 Å². The summed E-state index contributed by atoms with van der Waals surface area (Å²) in [5.74, 6) is -5.18. The SMILES string of the molecule is CC(C)CC(NC(=O)C(NC(=O)C(CS)NC(=O)C(N)CC(=O)O)C(C)C)C(=O)O. The fraction of sp³-hybridized carbons (Fsp3) is 0.722. The van der Waals surface area contributed by atoms with Crippen LogP contribution in [0.5, 0.6) is 0 Å². The molecule has 172 valence electrons. The van der Waals surface area contributed by atoms with Crippen LogP contribution in [0.15, 0.2) is 0 Å². The van der Waals surface area contributed by atoms with E-state index in [1.165, 1.54) is 0 Å². The van der Waals surface area contributed by atoms with Crippen molar-refractivity contribution in [2.24, 2.45) is 17.6 Å². The van der Waals surface area contributed by atoms with Crippen molar-refractivity contribution in [1.82, 2.24) is 16.0 Å². The van der Waals surface area contributed by atoms with Gasteiger partial charge in [-0.25, -0.2) is 4.79 Å². The lowest BCUT2D eigenvalue weighted by atomic mass is 10.00. The maximum Gasteiger partial charge on any atom is 0.326 e. The Balaban J connectivity index is 5.19. The zero-order valence-electron chi connectivity index (χ0n) is 17.5. The smallest absolute Gasteiger partial charge is 0.326 e. The van der Waals surface area contributed by atoms with Gasteiger partial charge in [-0.1, -0.05) is 27.7 Å². The monoisotopic (exact) mass is 448 g/mol. The molecule has 0 heterocycles. The van der Waals surface area contributed by atoms with Crippen molar-refractivity contribution in [2.45, 2.75) is 64.7 Å². The molecule has 0 fully saturated rings. The summed E-state index contributed by atoms with van der Waals surface area (Å²) in [4.78, 5) is 59.2. The lowest BCUT2D eigenvalue weighted by Gasteiger charge is -2.27. The standard InChI is InChI=1S/C18H32N4O7S/c1-8(2)5-11(18(28)29)20-17(27)14(9(3)4)22-16(26)12(7-30)21-15(25)10(19)6-13(23)24/h8-12,14,30H,5-7,19H2,1-4H3,(H,20,27)(H,21,25)(H,22,26)(H,23,24)(H,28,29). The van der Waals surface area contributed by atoms with Gasteiger partial charge in [0.1, 0.15) is 18.1 Å². The molecule has 0 aliphatic carbocycles. The van der Waals surface area contributed by atoms with E-state index in [0.29, 0.717) is 0 Å².